The summed E-state index contributed by atoms with van der Waals surface area (Å²) in [5.74, 6) is -1.000. The Balaban J connectivity index is 3.50. The topological polar surface area (TPSA) is 60.4 Å². The number of ketones is 1. The first-order chi connectivity index (χ1) is 4.16. The van der Waals surface area contributed by atoms with Gasteiger partial charge in [0.15, 0.2) is 0 Å². The Labute approximate surface area is 58.4 Å². The Bertz CT molecular complexity index is 142. The van der Waals surface area contributed by atoms with Gasteiger partial charge in [-0.25, -0.2) is 0 Å². The summed E-state index contributed by atoms with van der Waals surface area (Å²) in [5, 5.41) is 0. The van der Waals surface area contributed by atoms with E-state index in [9.17, 15) is 13.4 Å². The molecule has 0 aliphatic rings. The molecule has 0 aromatic rings. The van der Waals surface area contributed by atoms with E-state index in [1.165, 1.54) is 6.92 Å². The molecule has 0 aromatic carbocycles. The van der Waals surface area contributed by atoms with E-state index in [4.69, 9.17) is 0 Å². The number of carbonyl (C=O) groups excluding carboxylic acids is 2. The first-order valence-electron chi connectivity index (χ1n) is 2.29. The average molecular weight is 144 g/mol. The minimum atomic E-state index is -1.52. The van der Waals surface area contributed by atoms with Gasteiger partial charge in [-0.15, -0.1) is 0 Å². The van der Waals surface area contributed by atoms with Crippen molar-refractivity contribution in [3.8, 4) is 0 Å². The molecule has 0 N–H and O–H groups in total. The monoisotopic (exact) mass is 144 g/mol. The first kappa shape index (κ1) is 8.47. The SMILES string of the molecule is CC(=O)CC(=O)[O][Al]=[O]. The van der Waals surface area contributed by atoms with Crippen LogP contribution in [0.1, 0.15) is 13.3 Å². The third-order valence-electron chi connectivity index (χ3n) is 0.573. The number of rotatable bonds is 3. The molecule has 0 fully saturated rings. The van der Waals surface area contributed by atoms with Crippen LogP contribution in [0.4, 0.5) is 0 Å². The van der Waals surface area contributed by atoms with Gasteiger partial charge in [0, 0.05) is 0 Å². The van der Waals surface area contributed by atoms with Gasteiger partial charge in [-0.2, -0.15) is 0 Å². The van der Waals surface area contributed by atoms with E-state index in [0.717, 1.165) is 0 Å². The standard InChI is InChI=1S/C4H6O3.Al.O/c1-3(5)2-4(6)7;;/h2H2,1H3,(H,6,7);;/q;+1;/p-1. The Morgan fingerprint density at radius 3 is 2.44 bits per heavy atom. The van der Waals surface area contributed by atoms with Gasteiger partial charge in [0.25, 0.3) is 0 Å². The van der Waals surface area contributed by atoms with Gasteiger partial charge in [-0.3, -0.25) is 0 Å². The fourth-order valence-corrected chi connectivity index (χ4v) is 0.489. The fourth-order valence-electron chi connectivity index (χ4n) is 0.299. The molecule has 5 heteroatoms. The zero-order valence-corrected chi connectivity index (χ0v) is 6.07. The molecule has 48 valence electrons. The summed E-state index contributed by atoms with van der Waals surface area (Å²) >= 11 is -1.52. The molecule has 0 saturated heterocycles. The third kappa shape index (κ3) is 5.34. The summed E-state index contributed by atoms with van der Waals surface area (Å²) in [4.78, 5) is 20.4. The van der Waals surface area contributed by atoms with Crippen molar-refractivity contribution >= 4 is 27.2 Å². The van der Waals surface area contributed by atoms with E-state index in [1.807, 2.05) is 0 Å². The van der Waals surface area contributed by atoms with E-state index in [2.05, 4.69) is 3.79 Å². The Morgan fingerprint density at radius 1 is 1.56 bits per heavy atom. The van der Waals surface area contributed by atoms with Crippen molar-refractivity contribution in [2.24, 2.45) is 0 Å². The van der Waals surface area contributed by atoms with Crippen LogP contribution in [0.15, 0.2) is 0 Å². The maximum atomic E-state index is 10.2. The Morgan fingerprint density at radius 2 is 2.11 bits per heavy atom. The Hall–Kier alpha value is -0.528. The van der Waals surface area contributed by atoms with Crippen LogP contribution >= 0.6 is 0 Å². The van der Waals surface area contributed by atoms with Gasteiger partial charge in [0.05, 0.1) is 0 Å². The van der Waals surface area contributed by atoms with Crippen molar-refractivity contribution in [3.63, 3.8) is 0 Å². The van der Waals surface area contributed by atoms with Crippen LogP contribution in [0.25, 0.3) is 0 Å². The molecule has 0 aromatic heterocycles. The molecule has 0 bridgehead atoms. The predicted octanol–water partition coefficient (Wildman–Crippen LogP) is -0.527. The van der Waals surface area contributed by atoms with Crippen molar-refractivity contribution in [2.75, 3.05) is 0 Å². The summed E-state index contributed by atoms with van der Waals surface area (Å²) in [6.07, 6.45) is -0.283. The molecule has 0 heterocycles. The summed E-state index contributed by atoms with van der Waals surface area (Å²) in [7, 11) is 0. The fraction of sp³-hybridized carbons (Fsp3) is 0.500. The molecule has 0 spiro atoms. The van der Waals surface area contributed by atoms with Gasteiger partial charge in [-0.1, -0.05) is 0 Å². The van der Waals surface area contributed by atoms with Crippen LogP contribution in [0.5, 0.6) is 0 Å². The number of carbonyl (C=O) groups is 2. The molecule has 0 rings (SSSR count). The van der Waals surface area contributed by atoms with E-state index >= 15 is 0 Å². The van der Waals surface area contributed by atoms with E-state index < -0.39 is 21.5 Å². The zero-order valence-electron chi connectivity index (χ0n) is 4.92. The summed E-state index contributed by atoms with van der Waals surface area (Å²) < 4.78 is 13.7. The van der Waals surface area contributed by atoms with Crippen LogP contribution in [0, 0.1) is 0 Å². The quantitative estimate of drug-likeness (QED) is 0.394. The van der Waals surface area contributed by atoms with Crippen LogP contribution < -0.4 is 0 Å². The van der Waals surface area contributed by atoms with Gasteiger partial charge < -0.3 is 0 Å². The van der Waals surface area contributed by atoms with Crippen LogP contribution in [0.3, 0.4) is 0 Å². The molecular formula is C4H5AlO4. The molecule has 4 nitrogen and oxygen atoms in total. The molecule has 0 aliphatic heterocycles. The van der Waals surface area contributed by atoms with Crippen molar-refractivity contribution in [3.05, 3.63) is 0 Å². The third-order valence-corrected chi connectivity index (χ3v) is 0.932. The summed E-state index contributed by atoms with van der Waals surface area (Å²) in [5.41, 5.74) is 0. The second kappa shape index (κ2) is 4.36. The zero-order chi connectivity index (χ0) is 7.28. The minimum absolute atomic E-state index is 0.283. The van der Waals surface area contributed by atoms with Gasteiger partial charge in [-0.05, 0) is 0 Å². The van der Waals surface area contributed by atoms with Gasteiger partial charge in [0.1, 0.15) is 0 Å². The molecule has 0 saturated carbocycles. The summed E-state index contributed by atoms with van der Waals surface area (Å²) in [6.45, 7) is 1.27. The van der Waals surface area contributed by atoms with Crippen LogP contribution in [-0.4, -0.2) is 27.2 Å². The Kier molecular flexibility index (Phi) is 4.11. The molecule has 0 aliphatic carbocycles. The van der Waals surface area contributed by atoms with Crippen LogP contribution in [0.2, 0.25) is 0 Å². The molecule has 0 radical (unpaired) electrons. The van der Waals surface area contributed by atoms with E-state index in [-0.39, 0.29) is 12.2 Å². The molecule has 0 unspecified atom stereocenters. The maximum absolute atomic E-state index is 10.2. The van der Waals surface area contributed by atoms with Crippen molar-refractivity contribution < 1.29 is 17.2 Å². The first-order valence-corrected chi connectivity index (χ1v) is 3.23. The van der Waals surface area contributed by atoms with E-state index in [0.29, 0.717) is 0 Å². The second-order valence-corrected chi connectivity index (χ2v) is 1.89. The van der Waals surface area contributed by atoms with Gasteiger partial charge in [0.2, 0.25) is 0 Å². The molecular weight excluding hydrogens is 139 g/mol. The number of hydrogen-bond acceptors (Lipinski definition) is 4. The summed E-state index contributed by atoms with van der Waals surface area (Å²) in [6, 6.07) is 0. The molecule has 0 amide bonds. The average Bonchev–Trinajstić information content (AvgIpc) is 1.63. The molecule has 0 atom stereocenters. The number of hydrogen-bond donors (Lipinski definition) is 0. The molecule has 9 heavy (non-hydrogen) atoms. The van der Waals surface area contributed by atoms with Gasteiger partial charge >= 0.3 is 57.8 Å². The normalized spacial score (nSPS) is 7.67. The number of Topliss-reactive ketones (excluding diaryl/α,β-unsaturated/α-hetero) is 1. The second-order valence-electron chi connectivity index (χ2n) is 1.46. The predicted molar refractivity (Wildman–Crippen MR) is 27.8 cm³/mol. The van der Waals surface area contributed by atoms with Crippen molar-refractivity contribution in [1.82, 2.24) is 0 Å². The van der Waals surface area contributed by atoms with Crippen molar-refractivity contribution in [2.45, 2.75) is 13.3 Å². The van der Waals surface area contributed by atoms with E-state index in [1.54, 1.807) is 0 Å². The van der Waals surface area contributed by atoms with Crippen molar-refractivity contribution in [1.29, 1.82) is 0 Å². The van der Waals surface area contributed by atoms with Crippen LogP contribution in [-0.2, 0) is 17.2 Å².